The predicted molar refractivity (Wildman–Crippen MR) is 118 cm³/mol. The fourth-order valence-electron chi connectivity index (χ4n) is 3.51. The van der Waals surface area contributed by atoms with Gasteiger partial charge >= 0.3 is 0 Å². The van der Waals surface area contributed by atoms with Crippen LogP contribution in [0, 0.1) is 0 Å². The second kappa shape index (κ2) is 11.3. The van der Waals surface area contributed by atoms with E-state index in [-0.39, 0.29) is 12.5 Å². The normalized spacial score (nSPS) is 14.3. The predicted octanol–water partition coefficient (Wildman–Crippen LogP) is 2.41. The third-order valence-electron chi connectivity index (χ3n) is 5.20. The van der Waals surface area contributed by atoms with Gasteiger partial charge in [0.1, 0.15) is 17.2 Å². The van der Waals surface area contributed by atoms with Gasteiger partial charge in [-0.2, -0.15) is 0 Å². The highest BCUT2D eigenvalue weighted by molar-refractivity contribution is 5.77. The fraction of sp³-hybridized carbons (Fsp3) is 0.435. The Bertz CT molecular complexity index is 789. The van der Waals surface area contributed by atoms with E-state index in [0.717, 1.165) is 56.3 Å². The van der Waals surface area contributed by atoms with Gasteiger partial charge in [-0.25, -0.2) is 0 Å². The molecule has 0 bridgehead atoms. The number of carbonyl (C=O) groups is 1. The number of para-hydroxylation sites is 2. The zero-order chi connectivity index (χ0) is 21.2. The molecule has 0 aliphatic carbocycles. The van der Waals surface area contributed by atoms with Crippen molar-refractivity contribution in [1.82, 2.24) is 10.2 Å². The van der Waals surface area contributed by atoms with Gasteiger partial charge in [-0.1, -0.05) is 12.1 Å². The zero-order valence-corrected chi connectivity index (χ0v) is 17.8. The fourth-order valence-corrected chi connectivity index (χ4v) is 3.51. The summed E-state index contributed by atoms with van der Waals surface area (Å²) in [6.07, 6.45) is 0.920. The number of rotatable bonds is 10. The van der Waals surface area contributed by atoms with Crippen LogP contribution in [0.5, 0.6) is 17.2 Å². The molecular weight excluding hydrogens is 382 g/mol. The molecule has 2 aromatic carbocycles. The average molecular weight is 414 g/mol. The summed E-state index contributed by atoms with van der Waals surface area (Å²) in [5.74, 6) is 2.23. The first kappa shape index (κ1) is 21.8. The molecule has 162 valence electrons. The van der Waals surface area contributed by atoms with Crippen LogP contribution in [-0.4, -0.2) is 70.9 Å². The molecule has 0 unspecified atom stereocenters. The van der Waals surface area contributed by atoms with Crippen LogP contribution in [0.25, 0.3) is 0 Å². The van der Waals surface area contributed by atoms with Crippen molar-refractivity contribution in [1.29, 1.82) is 0 Å². The number of benzene rings is 2. The summed E-state index contributed by atoms with van der Waals surface area (Å²) in [5, 5.41) is 2.92. The van der Waals surface area contributed by atoms with Gasteiger partial charge in [0.2, 0.25) is 0 Å². The van der Waals surface area contributed by atoms with Crippen LogP contribution in [-0.2, 0) is 4.79 Å². The Balaban J connectivity index is 1.29. The molecule has 3 rings (SSSR count). The molecule has 0 spiro atoms. The molecule has 1 amide bonds. The molecule has 30 heavy (non-hydrogen) atoms. The number of anilines is 1. The maximum absolute atomic E-state index is 12.0. The second-order valence-electron chi connectivity index (χ2n) is 7.17. The van der Waals surface area contributed by atoms with Gasteiger partial charge in [-0.3, -0.25) is 9.69 Å². The highest BCUT2D eigenvalue weighted by atomic mass is 16.5. The molecule has 0 saturated carbocycles. The summed E-state index contributed by atoms with van der Waals surface area (Å²) in [6, 6.07) is 15.3. The molecule has 1 heterocycles. The molecule has 7 heteroatoms. The van der Waals surface area contributed by atoms with Crippen molar-refractivity contribution in [2.45, 2.75) is 6.42 Å². The maximum atomic E-state index is 12.0. The smallest absolute Gasteiger partial charge is 0.257 e. The number of amides is 1. The van der Waals surface area contributed by atoms with E-state index in [1.807, 2.05) is 18.2 Å². The number of nitrogens with zero attached hydrogens (tertiary/aromatic N) is 2. The third kappa shape index (κ3) is 6.29. The molecule has 7 nitrogen and oxygen atoms in total. The summed E-state index contributed by atoms with van der Waals surface area (Å²) in [5.41, 5.74) is 1.16. The van der Waals surface area contributed by atoms with Crippen molar-refractivity contribution in [3.63, 3.8) is 0 Å². The number of nitrogens with one attached hydrogen (secondary N) is 1. The van der Waals surface area contributed by atoms with Crippen molar-refractivity contribution in [3.8, 4) is 17.2 Å². The van der Waals surface area contributed by atoms with Crippen LogP contribution in [0.4, 0.5) is 5.69 Å². The number of methoxy groups -OCH3 is 2. The van der Waals surface area contributed by atoms with Crippen LogP contribution in [0.3, 0.4) is 0 Å². The molecular formula is C23H31N3O4. The molecule has 1 saturated heterocycles. The molecule has 0 aromatic heterocycles. The van der Waals surface area contributed by atoms with Crippen molar-refractivity contribution >= 4 is 11.6 Å². The summed E-state index contributed by atoms with van der Waals surface area (Å²) in [6.45, 7) is 5.60. The van der Waals surface area contributed by atoms with E-state index in [9.17, 15) is 4.79 Å². The van der Waals surface area contributed by atoms with Crippen molar-refractivity contribution in [3.05, 3.63) is 48.5 Å². The minimum absolute atomic E-state index is 0.0178. The van der Waals surface area contributed by atoms with Gasteiger partial charge in [-0.05, 0) is 49.4 Å². The Hall–Kier alpha value is -2.93. The van der Waals surface area contributed by atoms with Gasteiger partial charge in [0, 0.05) is 32.7 Å². The highest BCUT2D eigenvalue weighted by Gasteiger charge is 2.19. The van der Waals surface area contributed by atoms with E-state index in [1.54, 1.807) is 38.5 Å². The van der Waals surface area contributed by atoms with Gasteiger partial charge in [0.25, 0.3) is 5.91 Å². The van der Waals surface area contributed by atoms with Crippen LogP contribution < -0.4 is 24.4 Å². The SMILES string of the molecule is COc1ccc(OCC(=O)NCCCN2CCN(c3ccccc3OC)CC2)cc1. The molecule has 0 atom stereocenters. The Kier molecular flexibility index (Phi) is 8.20. The van der Waals surface area contributed by atoms with E-state index in [2.05, 4.69) is 21.2 Å². The minimum atomic E-state index is -0.105. The molecule has 2 aromatic rings. The lowest BCUT2D eigenvalue weighted by molar-refractivity contribution is -0.123. The van der Waals surface area contributed by atoms with E-state index in [0.29, 0.717) is 12.3 Å². The largest absolute Gasteiger partial charge is 0.497 e. The second-order valence-corrected chi connectivity index (χ2v) is 7.17. The third-order valence-corrected chi connectivity index (χ3v) is 5.20. The van der Waals surface area contributed by atoms with E-state index in [4.69, 9.17) is 14.2 Å². The van der Waals surface area contributed by atoms with E-state index >= 15 is 0 Å². The molecule has 1 N–H and O–H groups in total. The number of ether oxygens (including phenoxy) is 3. The number of carbonyl (C=O) groups excluding carboxylic acids is 1. The lowest BCUT2D eigenvalue weighted by Crippen LogP contribution is -2.47. The summed E-state index contributed by atoms with van der Waals surface area (Å²) in [4.78, 5) is 16.8. The molecule has 1 aliphatic heterocycles. The van der Waals surface area contributed by atoms with E-state index in [1.165, 1.54) is 0 Å². The lowest BCUT2D eigenvalue weighted by atomic mass is 10.2. The standard InChI is InChI=1S/C23H31N3O4/c1-28-19-8-10-20(11-9-19)30-18-23(27)24-12-5-13-25-14-16-26(17-15-25)21-6-3-4-7-22(21)29-2/h3-4,6-11H,5,12-18H2,1-2H3,(H,24,27). The van der Waals surface area contributed by atoms with Gasteiger partial charge in [0.15, 0.2) is 6.61 Å². The molecule has 1 fully saturated rings. The highest BCUT2D eigenvalue weighted by Crippen LogP contribution is 2.28. The monoisotopic (exact) mass is 413 g/mol. The van der Waals surface area contributed by atoms with Crippen LogP contribution in [0.15, 0.2) is 48.5 Å². The molecule has 0 radical (unpaired) electrons. The van der Waals surface area contributed by atoms with Gasteiger partial charge in [0.05, 0.1) is 19.9 Å². The number of piperazine rings is 1. The Morgan fingerprint density at radius 2 is 1.63 bits per heavy atom. The first-order valence-electron chi connectivity index (χ1n) is 10.3. The first-order chi connectivity index (χ1) is 14.7. The topological polar surface area (TPSA) is 63.3 Å². The van der Waals surface area contributed by atoms with E-state index < -0.39 is 0 Å². The van der Waals surface area contributed by atoms with Crippen molar-refractivity contribution < 1.29 is 19.0 Å². The Morgan fingerprint density at radius 1 is 0.933 bits per heavy atom. The minimum Gasteiger partial charge on any atom is -0.497 e. The first-order valence-corrected chi connectivity index (χ1v) is 10.3. The zero-order valence-electron chi connectivity index (χ0n) is 17.8. The van der Waals surface area contributed by atoms with Crippen molar-refractivity contribution in [2.75, 3.05) is 65.0 Å². The summed E-state index contributed by atoms with van der Waals surface area (Å²) < 4.78 is 16.1. The van der Waals surface area contributed by atoms with Crippen LogP contribution in [0.1, 0.15) is 6.42 Å². The lowest BCUT2D eigenvalue weighted by Gasteiger charge is -2.36. The summed E-state index contributed by atoms with van der Waals surface area (Å²) >= 11 is 0. The average Bonchev–Trinajstić information content (AvgIpc) is 2.81. The number of hydrogen-bond donors (Lipinski definition) is 1. The maximum Gasteiger partial charge on any atom is 0.257 e. The van der Waals surface area contributed by atoms with Crippen molar-refractivity contribution in [2.24, 2.45) is 0 Å². The number of hydrogen-bond acceptors (Lipinski definition) is 6. The Labute approximate surface area is 178 Å². The van der Waals surface area contributed by atoms with Crippen LogP contribution >= 0.6 is 0 Å². The van der Waals surface area contributed by atoms with Gasteiger partial charge in [-0.15, -0.1) is 0 Å². The van der Waals surface area contributed by atoms with Gasteiger partial charge < -0.3 is 24.4 Å². The van der Waals surface area contributed by atoms with Crippen LogP contribution in [0.2, 0.25) is 0 Å². The molecule has 1 aliphatic rings. The quantitative estimate of drug-likeness (QED) is 0.604. The Morgan fingerprint density at radius 3 is 2.33 bits per heavy atom. The summed E-state index contributed by atoms with van der Waals surface area (Å²) in [7, 11) is 3.33.